The highest BCUT2D eigenvalue weighted by molar-refractivity contribution is 7.45. The molecule has 0 spiro atoms. The minimum Gasteiger partial charge on any atom is -0.756 e. The summed E-state index contributed by atoms with van der Waals surface area (Å²) in [6.07, 6.45) is 78.6. The number of quaternary nitrogens is 1. The SMILES string of the molecule is CCCCCCCCCC/C=C\CCCCCCCCCCCCCCCCCCCCCC(=O)NC(COP(=O)([O-])OCC[N+](C)(C)C)C(O)CCCCCCCCCCCCCCCCCCCCCCCCCCCC. The van der Waals surface area contributed by atoms with Crippen LogP contribution in [0, 0.1) is 0 Å². The second kappa shape index (κ2) is 61.8. The van der Waals surface area contributed by atoms with Crippen LogP contribution in [-0.4, -0.2) is 68.5 Å². The molecule has 0 saturated heterocycles. The fourth-order valence-corrected chi connectivity index (χ4v) is 11.9. The molecule has 0 aromatic heterocycles. The van der Waals surface area contributed by atoms with Crippen molar-refractivity contribution in [2.75, 3.05) is 40.9 Å². The maximum absolute atomic E-state index is 13.1. The molecular formula is C70H141N2O6P. The lowest BCUT2D eigenvalue weighted by Gasteiger charge is -2.30. The van der Waals surface area contributed by atoms with Gasteiger partial charge in [-0.1, -0.05) is 347 Å². The Hall–Kier alpha value is -0.760. The molecule has 0 rings (SSSR count). The number of hydrogen-bond acceptors (Lipinski definition) is 6. The summed E-state index contributed by atoms with van der Waals surface area (Å²) < 4.78 is 23.5. The van der Waals surface area contributed by atoms with Gasteiger partial charge in [0, 0.05) is 6.42 Å². The first-order chi connectivity index (χ1) is 38.5. The van der Waals surface area contributed by atoms with E-state index in [0.717, 1.165) is 38.5 Å². The minimum absolute atomic E-state index is 0.0159. The van der Waals surface area contributed by atoms with Gasteiger partial charge in [-0.05, 0) is 38.5 Å². The van der Waals surface area contributed by atoms with Crippen molar-refractivity contribution in [2.45, 2.75) is 392 Å². The molecule has 8 nitrogen and oxygen atoms in total. The summed E-state index contributed by atoms with van der Waals surface area (Å²) in [4.78, 5) is 25.7. The van der Waals surface area contributed by atoms with Crippen molar-refractivity contribution < 1.29 is 32.9 Å². The number of phosphoric acid groups is 1. The monoisotopic (exact) mass is 1140 g/mol. The predicted molar refractivity (Wildman–Crippen MR) is 344 cm³/mol. The number of nitrogens with zero attached hydrogens (tertiary/aromatic N) is 1. The van der Waals surface area contributed by atoms with Gasteiger partial charge in [-0.15, -0.1) is 0 Å². The summed E-state index contributed by atoms with van der Waals surface area (Å²) in [5.41, 5.74) is 0. The number of carbonyl (C=O) groups excluding carboxylic acids is 1. The van der Waals surface area contributed by atoms with Gasteiger partial charge in [0.15, 0.2) is 0 Å². The number of phosphoric ester groups is 1. The molecule has 472 valence electrons. The van der Waals surface area contributed by atoms with Gasteiger partial charge in [-0.2, -0.15) is 0 Å². The van der Waals surface area contributed by atoms with E-state index in [1.54, 1.807) is 0 Å². The Morgan fingerprint density at radius 1 is 0.430 bits per heavy atom. The predicted octanol–water partition coefficient (Wildman–Crippen LogP) is 21.9. The number of rotatable bonds is 67. The normalized spacial score (nSPS) is 13.7. The molecule has 0 aliphatic carbocycles. The lowest BCUT2D eigenvalue weighted by atomic mass is 10.0. The molecule has 2 N–H and O–H groups in total. The van der Waals surface area contributed by atoms with Crippen molar-refractivity contribution in [3.05, 3.63) is 12.2 Å². The van der Waals surface area contributed by atoms with Crippen LogP contribution in [0.15, 0.2) is 12.2 Å². The maximum atomic E-state index is 13.1. The molecule has 0 aromatic carbocycles. The topological polar surface area (TPSA) is 108 Å². The van der Waals surface area contributed by atoms with E-state index in [1.807, 2.05) is 21.1 Å². The first-order valence-corrected chi connectivity index (χ1v) is 37.0. The number of likely N-dealkylation sites (N-methyl/N-ethyl adjacent to an activating group) is 1. The lowest BCUT2D eigenvalue weighted by molar-refractivity contribution is -0.870. The minimum atomic E-state index is -4.58. The number of unbranched alkanes of at least 4 members (excludes halogenated alkanes) is 52. The molecule has 0 fully saturated rings. The average Bonchev–Trinajstić information content (AvgIpc) is 3.42. The third kappa shape index (κ3) is 64.7. The van der Waals surface area contributed by atoms with Crippen LogP contribution in [0.25, 0.3) is 0 Å². The van der Waals surface area contributed by atoms with Crippen molar-refractivity contribution in [3.8, 4) is 0 Å². The molecule has 0 bridgehead atoms. The van der Waals surface area contributed by atoms with Gasteiger partial charge in [0.25, 0.3) is 7.82 Å². The van der Waals surface area contributed by atoms with Gasteiger partial charge in [-0.3, -0.25) is 9.36 Å². The molecule has 0 radical (unpaired) electrons. The quantitative estimate of drug-likeness (QED) is 0.0272. The number of carbonyl (C=O) groups is 1. The summed E-state index contributed by atoms with van der Waals surface area (Å²) in [5, 5.41) is 14.1. The van der Waals surface area contributed by atoms with Crippen LogP contribution in [0.4, 0.5) is 0 Å². The van der Waals surface area contributed by atoms with Gasteiger partial charge in [-0.25, -0.2) is 0 Å². The standard InChI is InChI=1S/C70H141N2O6P/c1-6-8-10-12-14-16-18-20-22-24-26-28-30-32-34-35-36-37-38-40-42-44-46-48-50-52-54-56-58-60-62-64-70(74)71-68(67-78-79(75,76)77-66-65-72(3,4)5)69(73)63-61-59-57-55-53-51-49-47-45-43-41-39-33-31-29-27-25-23-21-19-17-15-13-11-9-7-2/h24,26,68-69,73H,6-23,25,27-67H2,1-5H3,(H-,71,74,75,76)/b26-24-. The van der Waals surface area contributed by atoms with Crippen LogP contribution in [0.3, 0.4) is 0 Å². The average molecular weight is 1140 g/mol. The van der Waals surface area contributed by atoms with E-state index in [0.29, 0.717) is 23.9 Å². The van der Waals surface area contributed by atoms with E-state index in [-0.39, 0.29) is 19.1 Å². The van der Waals surface area contributed by atoms with Gasteiger partial charge in [0.05, 0.1) is 39.9 Å². The van der Waals surface area contributed by atoms with Gasteiger partial charge in [0.1, 0.15) is 13.2 Å². The molecule has 1 amide bonds. The Morgan fingerprint density at radius 2 is 0.696 bits per heavy atom. The third-order valence-electron chi connectivity index (χ3n) is 16.8. The molecule has 3 atom stereocenters. The zero-order valence-corrected chi connectivity index (χ0v) is 55.0. The second-order valence-corrected chi connectivity index (χ2v) is 27.4. The number of hydrogen-bond donors (Lipinski definition) is 2. The number of aliphatic hydroxyl groups is 1. The summed E-state index contributed by atoms with van der Waals surface area (Å²) in [6.45, 7) is 4.79. The van der Waals surface area contributed by atoms with Crippen LogP contribution in [-0.2, 0) is 18.4 Å². The highest BCUT2D eigenvalue weighted by atomic mass is 31.2. The fraction of sp³-hybridized carbons (Fsp3) is 0.957. The Kier molecular flexibility index (Phi) is 61.2. The van der Waals surface area contributed by atoms with Crippen molar-refractivity contribution >= 4 is 13.7 Å². The largest absolute Gasteiger partial charge is 0.756 e. The Bertz CT molecular complexity index is 1290. The molecule has 9 heteroatoms. The second-order valence-electron chi connectivity index (χ2n) is 26.0. The zero-order chi connectivity index (χ0) is 57.7. The molecule has 79 heavy (non-hydrogen) atoms. The number of amides is 1. The number of allylic oxidation sites excluding steroid dienone is 2. The van der Waals surface area contributed by atoms with E-state index in [9.17, 15) is 19.4 Å². The van der Waals surface area contributed by atoms with Crippen LogP contribution in [0.1, 0.15) is 380 Å². The molecule has 0 heterocycles. The van der Waals surface area contributed by atoms with Crippen molar-refractivity contribution in [3.63, 3.8) is 0 Å². The first kappa shape index (κ1) is 78.2. The molecular weight excluding hydrogens is 996 g/mol. The Labute approximate surface area is 494 Å². The summed E-state index contributed by atoms with van der Waals surface area (Å²) in [5.74, 6) is -0.155. The van der Waals surface area contributed by atoms with Gasteiger partial charge in [0.2, 0.25) is 5.91 Å². The van der Waals surface area contributed by atoms with E-state index < -0.39 is 20.0 Å². The summed E-state index contributed by atoms with van der Waals surface area (Å²) >= 11 is 0. The lowest BCUT2D eigenvalue weighted by Crippen LogP contribution is -2.46. The van der Waals surface area contributed by atoms with Gasteiger partial charge >= 0.3 is 0 Å². The fourth-order valence-electron chi connectivity index (χ4n) is 11.2. The number of aliphatic hydroxyl groups excluding tert-OH is 1. The maximum Gasteiger partial charge on any atom is 0.268 e. The highest BCUT2D eigenvalue weighted by Crippen LogP contribution is 2.38. The van der Waals surface area contributed by atoms with Gasteiger partial charge < -0.3 is 28.8 Å². The van der Waals surface area contributed by atoms with E-state index in [2.05, 4.69) is 31.3 Å². The molecule has 3 unspecified atom stereocenters. The highest BCUT2D eigenvalue weighted by Gasteiger charge is 2.24. The third-order valence-corrected chi connectivity index (χ3v) is 17.7. The first-order valence-electron chi connectivity index (χ1n) is 35.5. The van der Waals surface area contributed by atoms with Crippen LogP contribution in [0.5, 0.6) is 0 Å². The van der Waals surface area contributed by atoms with Crippen molar-refractivity contribution in [1.82, 2.24) is 5.32 Å². The summed E-state index contributed by atoms with van der Waals surface area (Å²) in [6, 6.07) is -0.798. The van der Waals surface area contributed by atoms with E-state index >= 15 is 0 Å². The van der Waals surface area contributed by atoms with Crippen LogP contribution >= 0.6 is 7.82 Å². The smallest absolute Gasteiger partial charge is 0.268 e. The molecule has 0 aliphatic rings. The summed E-state index contributed by atoms with van der Waals surface area (Å²) in [7, 11) is 1.33. The molecule has 0 aliphatic heterocycles. The van der Waals surface area contributed by atoms with Crippen molar-refractivity contribution in [1.29, 1.82) is 0 Å². The van der Waals surface area contributed by atoms with E-state index in [4.69, 9.17) is 9.05 Å². The van der Waals surface area contributed by atoms with Crippen molar-refractivity contribution in [2.24, 2.45) is 0 Å². The Balaban J connectivity index is 3.98. The zero-order valence-electron chi connectivity index (χ0n) is 54.1. The van der Waals surface area contributed by atoms with Crippen LogP contribution in [0.2, 0.25) is 0 Å². The van der Waals surface area contributed by atoms with Crippen LogP contribution < -0.4 is 10.2 Å². The molecule has 0 saturated carbocycles. The van der Waals surface area contributed by atoms with E-state index in [1.165, 1.54) is 315 Å². The number of nitrogens with one attached hydrogen (secondary N) is 1. The Morgan fingerprint density at radius 3 is 0.987 bits per heavy atom. The molecule has 0 aromatic rings.